The van der Waals surface area contributed by atoms with Crippen molar-refractivity contribution >= 4 is 21.2 Å². The molecule has 102 valence electrons. The van der Waals surface area contributed by atoms with Crippen LogP contribution in [-0.4, -0.2) is 33.9 Å². The molecule has 18 heavy (non-hydrogen) atoms. The van der Waals surface area contributed by atoms with Gasteiger partial charge in [0.05, 0.1) is 21.9 Å². The van der Waals surface area contributed by atoms with Gasteiger partial charge >= 0.3 is 0 Å². The van der Waals surface area contributed by atoms with E-state index in [0.717, 1.165) is 6.26 Å². The summed E-state index contributed by atoms with van der Waals surface area (Å²) >= 11 is 0. The minimum absolute atomic E-state index is 0.141. The first-order valence-corrected chi connectivity index (χ1v) is 7.44. The van der Waals surface area contributed by atoms with Crippen molar-refractivity contribution in [3.05, 3.63) is 18.2 Å². The molecule has 0 radical (unpaired) electrons. The van der Waals surface area contributed by atoms with Crippen LogP contribution in [0.25, 0.3) is 0 Å². The van der Waals surface area contributed by atoms with Gasteiger partial charge in [0.2, 0.25) is 0 Å². The quantitative estimate of drug-likeness (QED) is 0.794. The molecule has 0 amide bonds. The van der Waals surface area contributed by atoms with Crippen LogP contribution in [0.1, 0.15) is 13.8 Å². The van der Waals surface area contributed by atoms with Gasteiger partial charge in [0, 0.05) is 19.9 Å². The van der Waals surface area contributed by atoms with E-state index in [-0.39, 0.29) is 16.2 Å². The lowest BCUT2D eigenvalue weighted by atomic mass is 10.1. The van der Waals surface area contributed by atoms with E-state index in [9.17, 15) is 8.42 Å². The number of methoxy groups -OCH3 is 1. The molecule has 1 aromatic rings. The number of hydrogen-bond acceptors (Lipinski definition) is 5. The highest BCUT2D eigenvalue weighted by atomic mass is 32.2. The van der Waals surface area contributed by atoms with E-state index < -0.39 is 9.84 Å². The van der Waals surface area contributed by atoms with E-state index in [2.05, 4.69) is 5.32 Å². The van der Waals surface area contributed by atoms with Gasteiger partial charge in [-0.25, -0.2) is 8.42 Å². The molecule has 0 bridgehead atoms. The highest BCUT2D eigenvalue weighted by Gasteiger charge is 2.18. The average Bonchev–Trinajstić information content (AvgIpc) is 2.26. The summed E-state index contributed by atoms with van der Waals surface area (Å²) in [6.07, 6.45) is 1.14. The predicted octanol–water partition coefficient (Wildman–Crippen LogP) is 1.51. The van der Waals surface area contributed by atoms with Gasteiger partial charge in [0.25, 0.3) is 0 Å². The third-order valence-corrected chi connectivity index (χ3v) is 3.88. The third-order valence-electron chi connectivity index (χ3n) is 2.72. The maximum atomic E-state index is 11.5. The van der Waals surface area contributed by atoms with Crippen LogP contribution in [0, 0.1) is 0 Å². The van der Waals surface area contributed by atoms with Gasteiger partial charge in [-0.15, -0.1) is 0 Å². The standard InChI is InChI=1S/C12H20N2O3S/c1-12(2,17-3)8-14-9-6-5-7-10(11(9)13)18(4,15)16/h5-7,14H,8,13H2,1-4H3. The van der Waals surface area contributed by atoms with Crippen LogP contribution in [0.4, 0.5) is 11.4 Å². The molecule has 0 aliphatic carbocycles. The van der Waals surface area contributed by atoms with Crippen LogP contribution in [0.15, 0.2) is 23.1 Å². The van der Waals surface area contributed by atoms with E-state index in [1.54, 1.807) is 19.2 Å². The molecule has 5 nitrogen and oxygen atoms in total. The second-order valence-electron chi connectivity index (χ2n) is 4.81. The monoisotopic (exact) mass is 272 g/mol. The lowest BCUT2D eigenvalue weighted by molar-refractivity contribution is 0.0344. The number of ether oxygens (including phenoxy) is 1. The number of nitrogens with two attached hydrogens (primary N) is 1. The van der Waals surface area contributed by atoms with Crippen molar-refractivity contribution in [2.24, 2.45) is 0 Å². The molecular formula is C12H20N2O3S. The molecule has 0 fully saturated rings. The SMILES string of the molecule is COC(C)(C)CNc1cccc(S(C)(=O)=O)c1N. The third kappa shape index (κ3) is 3.61. The lowest BCUT2D eigenvalue weighted by Gasteiger charge is -2.24. The zero-order valence-corrected chi connectivity index (χ0v) is 12.0. The number of hydrogen-bond donors (Lipinski definition) is 2. The summed E-state index contributed by atoms with van der Waals surface area (Å²) in [5.74, 6) is 0. The van der Waals surface area contributed by atoms with E-state index in [1.165, 1.54) is 6.07 Å². The predicted molar refractivity (Wildman–Crippen MR) is 73.5 cm³/mol. The Hall–Kier alpha value is -1.27. The van der Waals surface area contributed by atoms with E-state index in [1.807, 2.05) is 13.8 Å². The maximum Gasteiger partial charge on any atom is 0.177 e. The summed E-state index contributed by atoms with van der Waals surface area (Å²) in [6.45, 7) is 4.38. The highest BCUT2D eigenvalue weighted by Crippen LogP contribution is 2.27. The molecule has 0 aliphatic rings. The average molecular weight is 272 g/mol. The topological polar surface area (TPSA) is 81.4 Å². The van der Waals surface area contributed by atoms with Gasteiger partial charge in [-0.05, 0) is 26.0 Å². The molecule has 0 aliphatic heterocycles. The summed E-state index contributed by atoms with van der Waals surface area (Å²) < 4.78 is 28.3. The van der Waals surface area contributed by atoms with Crippen molar-refractivity contribution in [3.63, 3.8) is 0 Å². The second kappa shape index (κ2) is 5.16. The Bertz CT molecular complexity index is 524. The normalized spacial score (nSPS) is 12.4. The molecule has 0 aromatic heterocycles. The molecule has 0 atom stereocenters. The van der Waals surface area contributed by atoms with Crippen molar-refractivity contribution in [1.82, 2.24) is 0 Å². The number of anilines is 2. The maximum absolute atomic E-state index is 11.5. The number of rotatable bonds is 5. The molecule has 0 saturated carbocycles. The van der Waals surface area contributed by atoms with Gasteiger partial charge in [0.1, 0.15) is 0 Å². The van der Waals surface area contributed by atoms with Crippen LogP contribution in [0.2, 0.25) is 0 Å². The van der Waals surface area contributed by atoms with Crippen LogP contribution in [0.3, 0.4) is 0 Å². The second-order valence-corrected chi connectivity index (χ2v) is 6.79. The molecule has 0 heterocycles. The number of nitrogen functional groups attached to an aromatic ring is 1. The zero-order chi connectivity index (χ0) is 14.0. The van der Waals surface area contributed by atoms with Crippen molar-refractivity contribution < 1.29 is 13.2 Å². The molecule has 0 spiro atoms. The number of sulfone groups is 1. The first-order chi connectivity index (χ1) is 8.17. The summed E-state index contributed by atoms with van der Waals surface area (Å²) in [5.41, 5.74) is 6.35. The van der Waals surface area contributed by atoms with Crippen LogP contribution in [-0.2, 0) is 14.6 Å². The summed E-state index contributed by atoms with van der Waals surface area (Å²) in [5, 5.41) is 3.10. The van der Waals surface area contributed by atoms with Gasteiger partial charge in [-0.2, -0.15) is 0 Å². The molecule has 3 N–H and O–H groups in total. The van der Waals surface area contributed by atoms with Crippen molar-refractivity contribution in [2.45, 2.75) is 24.3 Å². The minimum atomic E-state index is -3.31. The fourth-order valence-corrected chi connectivity index (χ4v) is 2.24. The van der Waals surface area contributed by atoms with Gasteiger partial charge in [-0.1, -0.05) is 6.07 Å². The Morgan fingerprint density at radius 3 is 2.50 bits per heavy atom. The van der Waals surface area contributed by atoms with Gasteiger partial charge in [-0.3, -0.25) is 0 Å². The molecule has 1 aromatic carbocycles. The molecule has 0 saturated heterocycles. The fourth-order valence-electron chi connectivity index (χ4n) is 1.40. The van der Waals surface area contributed by atoms with Crippen LogP contribution >= 0.6 is 0 Å². The van der Waals surface area contributed by atoms with Crippen molar-refractivity contribution in [1.29, 1.82) is 0 Å². The Morgan fingerprint density at radius 2 is 2.00 bits per heavy atom. The summed E-state index contributed by atoms with van der Waals surface area (Å²) in [4.78, 5) is 0.141. The number of para-hydroxylation sites is 1. The lowest BCUT2D eigenvalue weighted by Crippen LogP contribution is -2.32. The molecular weight excluding hydrogens is 252 g/mol. The number of benzene rings is 1. The van der Waals surface area contributed by atoms with Crippen molar-refractivity contribution in [2.75, 3.05) is 31.0 Å². The summed E-state index contributed by atoms with van der Waals surface area (Å²) in [6, 6.07) is 4.90. The van der Waals surface area contributed by atoms with E-state index in [4.69, 9.17) is 10.5 Å². The Kier molecular flexibility index (Phi) is 4.24. The zero-order valence-electron chi connectivity index (χ0n) is 11.1. The van der Waals surface area contributed by atoms with E-state index >= 15 is 0 Å². The molecule has 6 heteroatoms. The first kappa shape index (κ1) is 14.8. The van der Waals surface area contributed by atoms with Gasteiger partial charge in [0.15, 0.2) is 9.84 Å². The molecule has 0 unspecified atom stereocenters. The highest BCUT2D eigenvalue weighted by molar-refractivity contribution is 7.90. The largest absolute Gasteiger partial charge is 0.396 e. The smallest absolute Gasteiger partial charge is 0.177 e. The Balaban J connectivity index is 2.99. The summed E-state index contributed by atoms with van der Waals surface area (Å²) in [7, 11) is -1.69. The molecule has 1 rings (SSSR count). The Morgan fingerprint density at radius 1 is 1.39 bits per heavy atom. The van der Waals surface area contributed by atoms with Gasteiger partial charge < -0.3 is 15.8 Å². The van der Waals surface area contributed by atoms with Crippen molar-refractivity contribution in [3.8, 4) is 0 Å². The first-order valence-electron chi connectivity index (χ1n) is 5.55. The fraction of sp³-hybridized carbons (Fsp3) is 0.500. The van der Waals surface area contributed by atoms with Crippen LogP contribution in [0.5, 0.6) is 0 Å². The Labute approximate surface area is 108 Å². The van der Waals surface area contributed by atoms with E-state index in [0.29, 0.717) is 12.2 Å². The van der Waals surface area contributed by atoms with Crippen LogP contribution < -0.4 is 11.1 Å². The minimum Gasteiger partial charge on any atom is -0.396 e. The number of nitrogens with one attached hydrogen (secondary N) is 1.